The molecule has 0 bridgehead atoms. The molecule has 0 amide bonds. The summed E-state index contributed by atoms with van der Waals surface area (Å²) in [4.78, 5) is 14.9. The van der Waals surface area contributed by atoms with Gasteiger partial charge in [-0.3, -0.25) is 10.1 Å². The lowest BCUT2D eigenvalue weighted by Gasteiger charge is -2.14. The normalized spacial score (nSPS) is 11.9. The first-order valence-corrected chi connectivity index (χ1v) is 8.95. The van der Waals surface area contributed by atoms with Gasteiger partial charge in [-0.05, 0) is 34.5 Å². The van der Waals surface area contributed by atoms with Gasteiger partial charge in [0.2, 0.25) is 0 Å². The van der Waals surface area contributed by atoms with Crippen LogP contribution in [0.5, 0.6) is 0 Å². The summed E-state index contributed by atoms with van der Waals surface area (Å²) in [6, 6.07) is 21.5. The number of aliphatic hydroxyl groups is 1. The molecule has 4 aromatic rings. The number of rotatable bonds is 5. The predicted octanol–water partition coefficient (Wildman–Crippen LogP) is 4.31. The van der Waals surface area contributed by atoms with Gasteiger partial charge in [-0.2, -0.15) is 5.26 Å². The van der Waals surface area contributed by atoms with E-state index < -0.39 is 11.0 Å². The summed E-state index contributed by atoms with van der Waals surface area (Å²) in [7, 11) is 0. The number of nitriles is 1. The smallest absolute Gasteiger partial charge is 0.270 e. The third-order valence-electron chi connectivity index (χ3n) is 4.76. The van der Waals surface area contributed by atoms with Gasteiger partial charge in [-0.15, -0.1) is 0 Å². The number of nitrogens with one attached hydrogen (secondary N) is 1. The van der Waals surface area contributed by atoms with Gasteiger partial charge in [0.15, 0.2) is 0 Å². The van der Waals surface area contributed by atoms with Gasteiger partial charge in [-0.1, -0.05) is 36.4 Å². The fourth-order valence-electron chi connectivity index (χ4n) is 3.24. The van der Waals surface area contributed by atoms with E-state index >= 15 is 0 Å². The average Bonchev–Trinajstić information content (AvgIpc) is 2.76. The van der Waals surface area contributed by atoms with E-state index in [0.29, 0.717) is 16.7 Å². The number of pyridine rings is 1. The lowest BCUT2D eigenvalue weighted by molar-refractivity contribution is -0.384. The standard InChI is InChI=1S/C22H16N4O3/c23-12-17-10-22(25-20-8-7-18(26(28)29)11-19(17)20)24-13-21(27)16-6-5-14-3-1-2-4-15(14)9-16/h1-11,21,27H,13H2,(H,24,25). The fourth-order valence-corrected chi connectivity index (χ4v) is 3.24. The van der Waals surface area contributed by atoms with Crippen molar-refractivity contribution in [2.45, 2.75) is 6.10 Å². The molecular weight excluding hydrogens is 368 g/mol. The maximum Gasteiger partial charge on any atom is 0.270 e. The minimum absolute atomic E-state index is 0.0942. The number of nitrogens with zero attached hydrogens (tertiary/aromatic N) is 3. The van der Waals surface area contributed by atoms with Gasteiger partial charge in [0, 0.05) is 24.1 Å². The van der Waals surface area contributed by atoms with Crippen LogP contribution in [0.1, 0.15) is 17.2 Å². The number of hydrogen-bond acceptors (Lipinski definition) is 6. The van der Waals surface area contributed by atoms with E-state index in [4.69, 9.17) is 0 Å². The molecular formula is C22H16N4O3. The molecule has 1 heterocycles. The van der Waals surface area contributed by atoms with Crippen LogP contribution in [0.4, 0.5) is 11.5 Å². The first-order chi connectivity index (χ1) is 14.0. The second-order valence-electron chi connectivity index (χ2n) is 6.63. The molecule has 1 unspecified atom stereocenters. The van der Waals surface area contributed by atoms with E-state index in [-0.39, 0.29) is 17.8 Å². The zero-order chi connectivity index (χ0) is 20.4. The summed E-state index contributed by atoms with van der Waals surface area (Å²) < 4.78 is 0. The molecule has 7 nitrogen and oxygen atoms in total. The van der Waals surface area contributed by atoms with Gasteiger partial charge in [0.25, 0.3) is 5.69 Å². The molecule has 1 atom stereocenters. The molecule has 0 aliphatic carbocycles. The van der Waals surface area contributed by atoms with Crippen molar-refractivity contribution in [1.82, 2.24) is 4.98 Å². The number of aromatic nitrogens is 1. The monoisotopic (exact) mass is 384 g/mol. The van der Waals surface area contributed by atoms with Crippen LogP contribution in [0.15, 0.2) is 66.7 Å². The molecule has 0 saturated heterocycles. The maximum absolute atomic E-state index is 11.0. The van der Waals surface area contributed by atoms with Crippen molar-refractivity contribution < 1.29 is 10.0 Å². The molecule has 0 spiro atoms. The van der Waals surface area contributed by atoms with E-state index in [1.165, 1.54) is 24.3 Å². The second kappa shape index (κ2) is 7.54. The Morgan fingerprint density at radius 3 is 2.66 bits per heavy atom. The van der Waals surface area contributed by atoms with Gasteiger partial charge in [0.05, 0.1) is 28.2 Å². The number of anilines is 1. The zero-order valence-electron chi connectivity index (χ0n) is 15.2. The minimum Gasteiger partial charge on any atom is -0.387 e. The highest BCUT2D eigenvalue weighted by Crippen LogP contribution is 2.26. The van der Waals surface area contributed by atoms with Gasteiger partial charge in [-0.25, -0.2) is 4.98 Å². The quantitative estimate of drug-likeness (QED) is 0.392. The van der Waals surface area contributed by atoms with Crippen molar-refractivity contribution >= 4 is 33.2 Å². The Bertz CT molecular complexity index is 1280. The van der Waals surface area contributed by atoms with E-state index in [1.807, 2.05) is 42.5 Å². The van der Waals surface area contributed by atoms with Gasteiger partial charge >= 0.3 is 0 Å². The third-order valence-corrected chi connectivity index (χ3v) is 4.76. The molecule has 142 valence electrons. The van der Waals surface area contributed by atoms with Gasteiger partial charge < -0.3 is 10.4 Å². The Balaban J connectivity index is 1.57. The predicted molar refractivity (Wildman–Crippen MR) is 111 cm³/mol. The lowest BCUT2D eigenvalue weighted by Crippen LogP contribution is -2.13. The Morgan fingerprint density at radius 1 is 1.10 bits per heavy atom. The number of hydrogen-bond donors (Lipinski definition) is 2. The van der Waals surface area contributed by atoms with Crippen LogP contribution in [-0.2, 0) is 0 Å². The zero-order valence-corrected chi connectivity index (χ0v) is 15.2. The highest BCUT2D eigenvalue weighted by Gasteiger charge is 2.13. The molecule has 7 heteroatoms. The summed E-state index contributed by atoms with van der Waals surface area (Å²) in [5, 5.41) is 36.5. The lowest BCUT2D eigenvalue weighted by atomic mass is 10.0. The molecule has 4 rings (SSSR count). The van der Waals surface area contributed by atoms with Crippen LogP contribution in [0.3, 0.4) is 0 Å². The SMILES string of the molecule is N#Cc1cc(NCC(O)c2ccc3ccccc3c2)nc2ccc([N+](=O)[O-])cc12. The van der Waals surface area contributed by atoms with Crippen LogP contribution >= 0.6 is 0 Å². The summed E-state index contributed by atoms with van der Waals surface area (Å²) in [6.07, 6.45) is -0.764. The van der Waals surface area contributed by atoms with Crippen LogP contribution in [-0.4, -0.2) is 21.6 Å². The summed E-state index contributed by atoms with van der Waals surface area (Å²) >= 11 is 0. The Morgan fingerprint density at radius 2 is 1.90 bits per heavy atom. The molecule has 29 heavy (non-hydrogen) atoms. The highest BCUT2D eigenvalue weighted by atomic mass is 16.6. The number of aliphatic hydroxyl groups excluding tert-OH is 1. The Labute approximate surface area is 166 Å². The summed E-state index contributed by atoms with van der Waals surface area (Å²) in [6.45, 7) is 0.203. The number of benzene rings is 3. The maximum atomic E-state index is 11.0. The number of nitro groups is 1. The van der Waals surface area contributed by atoms with Crippen molar-refractivity contribution in [2.24, 2.45) is 0 Å². The van der Waals surface area contributed by atoms with Crippen molar-refractivity contribution in [3.63, 3.8) is 0 Å². The van der Waals surface area contributed by atoms with Gasteiger partial charge in [0.1, 0.15) is 5.82 Å². The van der Waals surface area contributed by atoms with E-state index in [9.17, 15) is 20.5 Å². The van der Waals surface area contributed by atoms with Crippen molar-refractivity contribution in [3.8, 4) is 6.07 Å². The largest absolute Gasteiger partial charge is 0.387 e. The van der Waals surface area contributed by atoms with Crippen LogP contribution in [0.2, 0.25) is 0 Å². The van der Waals surface area contributed by atoms with Crippen molar-refractivity contribution in [3.05, 3.63) is 88.0 Å². The molecule has 0 aliphatic rings. The molecule has 2 N–H and O–H groups in total. The minimum atomic E-state index is -0.764. The second-order valence-corrected chi connectivity index (χ2v) is 6.63. The fraction of sp³-hybridized carbons (Fsp3) is 0.0909. The van der Waals surface area contributed by atoms with Crippen molar-refractivity contribution in [2.75, 3.05) is 11.9 Å². The highest BCUT2D eigenvalue weighted by molar-refractivity contribution is 5.88. The van der Waals surface area contributed by atoms with Crippen LogP contribution in [0, 0.1) is 21.4 Å². The van der Waals surface area contributed by atoms with E-state index in [0.717, 1.165) is 16.3 Å². The number of non-ortho nitro benzene ring substituents is 1. The molecule has 1 aromatic heterocycles. The first-order valence-electron chi connectivity index (χ1n) is 8.95. The number of nitro benzene ring substituents is 1. The molecule has 0 aliphatic heterocycles. The van der Waals surface area contributed by atoms with E-state index in [2.05, 4.69) is 16.4 Å². The van der Waals surface area contributed by atoms with Crippen LogP contribution < -0.4 is 5.32 Å². The average molecular weight is 384 g/mol. The number of fused-ring (bicyclic) bond motifs is 2. The van der Waals surface area contributed by atoms with E-state index in [1.54, 1.807) is 0 Å². The Kier molecular flexibility index (Phi) is 4.77. The van der Waals surface area contributed by atoms with Crippen LogP contribution in [0.25, 0.3) is 21.7 Å². The molecule has 0 saturated carbocycles. The first kappa shape index (κ1) is 18.3. The Hall–Kier alpha value is -4.02. The molecule has 0 fully saturated rings. The third kappa shape index (κ3) is 3.70. The summed E-state index contributed by atoms with van der Waals surface area (Å²) in [5.41, 5.74) is 1.43. The summed E-state index contributed by atoms with van der Waals surface area (Å²) in [5.74, 6) is 0.419. The molecule has 3 aromatic carbocycles. The topological polar surface area (TPSA) is 112 Å². The molecule has 0 radical (unpaired) electrons. The van der Waals surface area contributed by atoms with Crippen molar-refractivity contribution in [1.29, 1.82) is 5.26 Å².